The van der Waals surface area contributed by atoms with E-state index in [-0.39, 0.29) is 0 Å². The predicted molar refractivity (Wildman–Crippen MR) is 67.2 cm³/mol. The summed E-state index contributed by atoms with van der Waals surface area (Å²) in [7, 11) is 0. The van der Waals surface area contributed by atoms with Gasteiger partial charge in [-0.3, -0.25) is 0 Å². The van der Waals surface area contributed by atoms with Gasteiger partial charge in [0.25, 0.3) is 0 Å². The van der Waals surface area contributed by atoms with E-state index in [9.17, 15) is 4.79 Å². The van der Waals surface area contributed by atoms with Crippen molar-refractivity contribution < 1.29 is 9.90 Å². The summed E-state index contributed by atoms with van der Waals surface area (Å²) in [5.41, 5.74) is 3.72. The van der Waals surface area contributed by atoms with E-state index in [4.69, 9.17) is 5.11 Å². The highest BCUT2D eigenvalue weighted by Gasteiger charge is 2.26. The van der Waals surface area contributed by atoms with Crippen LogP contribution in [0.4, 0.5) is 0 Å². The van der Waals surface area contributed by atoms with Crippen molar-refractivity contribution >= 4 is 23.1 Å². The summed E-state index contributed by atoms with van der Waals surface area (Å²) in [5.74, 6) is -0.948. The number of aliphatic carboxylic acids is 1. The second kappa shape index (κ2) is 3.94. The Balaban J connectivity index is 2.09. The molecular formula is C13H13N3O2. The number of aromatic nitrogens is 3. The van der Waals surface area contributed by atoms with Crippen LogP contribution in [0.25, 0.3) is 17.1 Å². The first-order chi connectivity index (χ1) is 8.66. The molecule has 1 aliphatic carbocycles. The normalized spacial score (nSPS) is 15.6. The molecule has 1 heterocycles. The number of fused-ring (bicyclic) bond motifs is 1. The zero-order valence-electron chi connectivity index (χ0n) is 10.00. The van der Waals surface area contributed by atoms with Crippen molar-refractivity contribution in [1.82, 2.24) is 15.0 Å². The minimum atomic E-state index is -0.948. The van der Waals surface area contributed by atoms with Crippen LogP contribution in [-0.4, -0.2) is 26.1 Å². The molecule has 2 aromatic rings. The number of carboxylic acid groups (broad SMARTS) is 1. The molecule has 0 amide bonds. The maximum Gasteiger partial charge on any atom is 0.328 e. The maximum atomic E-state index is 10.5. The van der Waals surface area contributed by atoms with E-state index in [1.165, 1.54) is 0 Å². The first-order valence-corrected chi connectivity index (χ1v) is 5.92. The van der Waals surface area contributed by atoms with E-state index in [0.29, 0.717) is 6.04 Å². The van der Waals surface area contributed by atoms with Crippen LogP contribution in [0.5, 0.6) is 0 Å². The van der Waals surface area contributed by atoms with Crippen LogP contribution < -0.4 is 0 Å². The van der Waals surface area contributed by atoms with Gasteiger partial charge in [0.15, 0.2) is 0 Å². The average molecular weight is 243 g/mol. The van der Waals surface area contributed by atoms with E-state index in [1.54, 1.807) is 6.08 Å². The molecular weight excluding hydrogens is 230 g/mol. The van der Waals surface area contributed by atoms with E-state index in [1.807, 2.05) is 23.7 Å². The highest BCUT2D eigenvalue weighted by molar-refractivity contribution is 5.88. The molecule has 5 nitrogen and oxygen atoms in total. The van der Waals surface area contributed by atoms with Crippen LogP contribution in [0, 0.1) is 6.92 Å². The smallest absolute Gasteiger partial charge is 0.328 e. The number of aryl methyl sites for hydroxylation is 1. The molecule has 0 bridgehead atoms. The van der Waals surface area contributed by atoms with E-state index in [2.05, 4.69) is 10.3 Å². The second-order valence-corrected chi connectivity index (χ2v) is 4.58. The number of benzene rings is 1. The van der Waals surface area contributed by atoms with Crippen LogP contribution >= 0.6 is 0 Å². The fraction of sp³-hybridized carbons (Fsp3) is 0.308. The van der Waals surface area contributed by atoms with Crippen molar-refractivity contribution in [2.45, 2.75) is 25.8 Å². The molecule has 0 aliphatic heterocycles. The lowest BCUT2D eigenvalue weighted by Crippen LogP contribution is -1.95. The minimum absolute atomic E-state index is 0.495. The Hall–Kier alpha value is -2.17. The average Bonchev–Trinajstić information content (AvgIpc) is 3.08. The molecule has 0 spiro atoms. The molecule has 92 valence electrons. The first kappa shape index (κ1) is 11.0. The Morgan fingerprint density at radius 3 is 2.94 bits per heavy atom. The largest absolute Gasteiger partial charge is 0.478 e. The molecule has 1 N–H and O–H groups in total. The lowest BCUT2D eigenvalue weighted by Gasteiger charge is -2.02. The van der Waals surface area contributed by atoms with Crippen molar-refractivity contribution in [2.24, 2.45) is 0 Å². The number of rotatable bonds is 3. The topological polar surface area (TPSA) is 68.0 Å². The predicted octanol–water partition coefficient (Wildman–Crippen LogP) is 2.17. The summed E-state index contributed by atoms with van der Waals surface area (Å²) in [6.45, 7) is 1.94. The van der Waals surface area contributed by atoms with Gasteiger partial charge in [0, 0.05) is 6.08 Å². The van der Waals surface area contributed by atoms with Gasteiger partial charge in [-0.05, 0) is 43.0 Å². The Morgan fingerprint density at radius 2 is 2.28 bits per heavy atom. The van der Waals surface area contributed by atoms with Crippen molar-refractivity contribution in [3.63, 3.8) is 0 Å². The Labute approximate surface area is 104 Å². The van der Waals surface area contributed by atoms with Gasteiger partial charge in [-0.25, -0.2) is 9.48 Å². The van der Waals surface area contributed by atoms with Crippen LogP contribution in [0.2, 0.25) is 0 Å². The van der Waals surface area contributed by atoms with Crippen molar-refractivity contribution in [2.75, 3.05) is 0 Å². The van der Waals surface area contributed by atoms with Crippen LogP contribution in [-0.2, 0) is 4.79 Å². The molecule has 1 aromatic heterocycles. The van der Waals surface area contributed by atoms with Gasteiger partial charge in [-0.15, -0.1) is 5.10 Å². The van der Waals surface area contributed by atoms with Crippen molar-refractivity contribution in [3.05, 3.63) is 29.3 Å². The SMILES string of the molecule is Cc1c(/C=C/C(=O)O)ccc2c1nnn2C1CC1. The molecule has 1 aromatic carbocycles. The molecule has 1 fully saturated rings. The number of hydrogen-bond donors (Lipinski definition) is 1. The third kappa shape index (κ3) is 1.77. The maximum absolute atomic E-state index is 10.5. The number of carbonyl (C=O) groups is 1. The van der Waals surface area contributed by atoms with Gasteiger partial charge in [-0.1, -0.05) is 11.3 Å². The molecule has 5 heteroatoms. The van der Waals surface area contributed by atoms with Gasteiger partial charge >= 0.3 is 5.97 Å². The Bertz CT molecular complexity index is 654. The molecule has 18 heavy (non-hydrogen) atoms. The highest BCUT2D eigenvalue weighted by Crippen LogP contribution is 2.36. The van der Waals surface area contributed by atoms with Gasteiger partial charge < -0.3 is 5.11 Å². The van der Waals surface area contributed by atoms with Gasteiger partial charge in [0.1, 0.15) is 5.52 Å². The third-order valence-electron chi connectivity index (χ3n) is 3.24. The summed E-state index contributed by atoms with van der Waals surface area (Å²) >= 11 is 0. The summed E-state index contributed by atoms with van der Waals surface area (Å²) < 4.78 is 1.97. The fourth-order valence-electron chi connectivity index (χ4n) is 2.08. The van der Waals surface area contributed by atoms with E-state index in [0.717, 1.165) is 41.1 Å². The number of carboxylic acids is 1. The quantitative estimate of drug-likeness (QED) is 0.839. The lowest BCUT2D eigenvalue weighted by atomic mass is 10.1. The standard InChI is InChI=1S/C13H13N3O2/c1-8-9(3-7-12(17)18)2-6-11-13(8)14-15-16(11)10-4-5-10/h2-3,6-7,10H,4-5H2,1H3,(H,17,18)/b7-3+. The lowest BCUT2D eigenvalue weighted by molar-refractivity contribution is -0.131. The molecule has 0 radical (unpaired) electrons. The molecule has 0 unspecified atom stereocenters. The number of hydrogen-bond acceptors (Lipinski definition) is 3. The Morgan fingerprint density at radius 1 is 1.50 bits per heavy atom. The molecule has 0 saturated heterocycles. The van der Waals surface area contributed by atoms with Gasteiger partial charge in [-0.2, -0.15) is 0 Å². The van der Waals surface area contributed by atoms with Crippen LogP contribution in [0.15, 0.2) is 18.2 Å². The summed E-state index contributed by atoms with van der Waals surface area (Å²) in [4.78, 5) is 10.5. The molecule has 1 saturated carbocycles. The summed E-state index contributed by atoms with van der Waals surface area (Å²) in [5, 5.41) is 17.0. The minimum Gasteiger partial charge on any atom is -0.478 e. The summed E-state index contributed by atoms with van der Waals surface area (Å²) in [6.07, 6.45) is 5.06. The first-order valence-electron chi connectivity index (χ1n) is 5.92. The zero-order chi connectivity index (χ0) is 12.7. The van der Waals surface area contributed by atoms with Crippen molar-refractivity contribution in [1.29, 1.82) is 0 Å². The molecule has 0 atom stereocenters. The van der Waals surface area contributed by atoms with E-state index >= 15 is 0 Å². The van der Waals surface area contributed by atoms with Crippen LogP contribution in [0.3, 0.4) is 0 Å². The van der Waals surface area contributed by atoms with Crippen molar-refractivity contribution in [3.8, 4) is 0 Å². The third-order valence-corrected chi connectivity index (χ3v) is 3.24. The summed E-state index contributed by atoms with van der Waals surface area (Å²) in [6, 6.07) is 4.37. The Kier molecular flexibility index (Phi) is 2.40. The zero-order valence-corrected chi connectivity index (χ0v) is 10.00. The number of nitrogens with zero attached hydrogens (tertiary/aromatic N) is 3. The van der Waals surface area contributed by atoms with Gasteiger partial charge in [0.05, 0.1) is 11.6 Å². The molecule has 1 aliphatic rings. The fourth-order valence-corrected chi connectivity index (χ4v) is 2.08. The monoisotopic (exact) mass is 243 g/mol. The van der Waals surface area contributed by atoms with E-state index < -0.39 is 5.97 Å². The molecule has 3 rings (SSSR count). The second-order valence-electron chi connectivity index (χ2n) is 4.58. The highest BCUT2D eigenvalue weighted by atomic mass is 16.4. The van der Waals surface area contributed by atoms with Crippen LogP contribution in [0.1, 0.15) is 30.0 Å². The van der Waals surface area contributed by atoms with Gasteiger partial charge in [0.2, 0.25) is 0 Å².